The molecule has 0 spiro atoms. The Bertz CT molecular complexity index is 973. The van der Waals surface area contributed by atoms with Crippen molar-refractivity contribution in [2.24, 2.45) is 5.10 Å². The van der Waals surface area contributed by atoms with Crippen molar-refractivity contribution in [1.82, 2.24) is 25.1 Å². The molecule has 0 atom stereocenters. The lowest BCUT2D eigenvalue weighted by Gasteiger charge is -1.99. The maximum Gasteiger partial charge on any atom is 0.216 e. The van der Waals surface area contributed by atoms with E-state index in [-0.39, 0.29) is 0 Å². The highest BCUT2D eigenvalue weighted by Crippen LogP contribution is 2.29. The molecule has 0 unspecified atom stereocenters. The van der Waals surface area contributed by atoms with Crippen molar-refractivity contribution in [3.8, 4) is 11.5 Å². The number of fused-ring (bicyclic) bond motifs is 1. The van der Waals surface area contributed by atoms with Crippen molar-refractivity contribution < 1.29 is 4.42 Å². The molecule has 2 N–H and O–H groups in total. The molecule has 1 aliphatic carbocycles. The molecule has 3 heterocycles. The summed E-state index contributed by atoms with van der Waals surface area (Å²) < 4.78 is 7.33. The van der Waals surface area contributed by atoms with Crippen LogP contribution in [0.2, 0.25) is 0 Å². The highest BCUT2D eigenvalue weighted by molar-refractivity contribution is 7.71. The molecular formula is C16H16N6OS. The molecule has 7 nitrogen and oxygen atoms in total. The standard InChI is InChI=1S/C16H16N6OS/c1-10(8-11-4-3-7-23-11)9-17-22-15(20-21-16(22)24)14-12-5-2-6-13(12)18-19-14/h3-4,7-9H,2,5-6H2,1H3,(H,18,19)(H,21,24)/b10-8+,17-9+. The summed E-state index contributed by atoms with van der Waals surface area (Å²) in [5, 5.41) is 19.0. The third-order valence-electron chi connectivity index (χ3n) is 3.96. The molecular weight excluding hydrogens is 324 g/mol. The summed E-state index contributed by atoms with van der Waals surface area (Å²) in [5.41, 5.74) is 4.15. The van der Waals surface area contributed by atoms with E-state index in [9.17, 15) is 0 Å². The predicted molar refractivity (Wildman–Crippen MR) is 93.3 cm³/mol. The smallest absolute Gasteiger partial charge is 0.216 e. The minimum absolute atomic E-state index is 0.432. The van der Waals surface area contributed by atoms with Crippen LogP contribution in [0.1, 0.15) is 30.4 Å². The first-order valence-corrected chi connectivity index (χ1v) is 8.13. The zero-order chi connectivity index (χ0) is 16.5. The highest BCUT2D eigenvalue weighted by Gasteiger charge is 2.23. The molecule has 0 aliphatic heterocycles. The summed E-state index contributed by atoms with van der Waals surface area (Å²) in [6.07, 6.45) is 8.43. The minimum atomic E-state index is 0.432. The van der Waals surface area contributed by atoms with Gasteiger partial charge in [-0.2, -0.15) is 20.0 Å². The second-order valence-electron chi connectivity index (χ2n) is 5.70. The van der Waals surface area contributed by atoms with E-state index in [0.29, 0.717) is 10.6 Å². The van der Waals surface area contributed by atoms with Crippen molar-refractivity contribution in [1.29, 1.82) is 0 Å². The van der Waals surface area contributed by atoms with Crippen molar-refractivity contribution in [2.75, 3.05) is 0 Å². The highest BCUT2D eigenvalue weighted by atomic mass is 32.1. The van der Waals surface area contributed by atoms with Crippen molar-refractivity contribution in [3.63, 3.8) is 0 Å². The van der Waals surface area contributed by atoms with Crippen LogP contribution in [-0.4, -0.2) is 31.3 Å². The molecule has 3 aromatic rings. The fourth-order valence-electron chi connectivity index (χ4n) is 2.84. The Morgan fingerprint density at radius 3 is 3.12 bits per heavy atom. The normalized spacial score (nSPS) is 14.6. The van der Waals surface area contributed by atoms with Crippen LogP contribution in [0.4, 0.5) is 0 Å². The number of aromatic amines is 2. The van der Waals surface area contributed by atoms with Crippen LogP contribution >= 0.6 is 12.2 Å². The Labute approximate surface area is 143 Å². The second-order valence-corrected chi connectivity index (χ2v) is 6.08. The molecule has 122 valence electrons. The number of allylic oxidation sites excluding steroid dienone is 1. The minimum Gasteiger partial charge on any atom is -0.465 e. The first-order chi connectivity index (χ1) is 11.7. The van der Waals surface area contributed by atoms with E-state index in [1.807, 2.05) is 25.1 Å². The molecule has 0 saturated heterocycles. The van der Waals surface area contributed by atoms with Gasteiger partial charge in [-0.1, -0.05) is 0 Å². The molecule has 3 aromatic heterocycles. The summed E-state index contributed by atoms with van der Waals surface area (Å²) in [4.78, 5) is 0. The lowest BCUT2D eigenvalue weighted by atomic mass is 10.2. The fourth-order valence-corrected chi connectivity index (χ4v) is 3.02. The van der Waals surface area contributed by atoms with E-state index in [0.717, 1.165) is 36.3 Å². The fraction of sp³-hybridized carbons (Fsp3) is 0.250. The topological polar surface area (TPSA) is 87.8 Å². The van der Waals surface area contributed by atoms with Crippen molar-refractivity contribution in [2.45, 2.75) is 26.2 Å². The number of nitrogens with zero attached hydrogens (tertiary/aromatic N) is 4. The van der Waals surface area contributed by atoms with Gasteiger partial charge in [0.25, 0.3) is 0 Å². The van der Waals surface area contributed by atoms with Crippen LogP contribution in [0.15, 0.2) is 33.5 Å². The van der Waals surface area contributed by atoms with Gasteiger partial charge in [0, 0.05) is 11.3 Å². The maximum absolute atomic E-state index is 5.30. The first-order valence-electron chi connectivity index (χ1n) is 7.72. The van der Waals surface area contributed by atoms with E-state index in [1.54, 1.807) is 17.2 Å². The predicted octanol–water partition coefficient (Wildman–Crippen LogP) is 3.35. The SMILES string of the molecule is CC(/C=N/n1c(-c2n[nH]c3c2CCC3)n[nH]c1=S)=C\c1ccco1. The number of rotatable bonds is 4. The molecule has 24 heavy (non-hydrogen) atoms. The van der Waals surface area contributed by atoms with Gasteiger partial charge in [0.2, 0.25) is 10.6 Å². The molecule has 1 aliphatic rings. The number of H-pyrrole nitrogens is 2. The monoisotopic (exact) mass is 340 g/mol. The van der Waals surface area contributed by atoms with Gasteiger partial charge >= 0.3 is 0 Å². The number of aryl methyl sites for hydroxylation is 1. The van der Waals surface area contributed by atoms with E-state index in [2.05, 4.69) is 25.5 Å². The molecule has 0 radical (unpaired) electrons. The van der Waals surface area contributed by atoms with Gasteiger partial charge in [0.05, 0.1) is 12.5 Å². The molecule has 0 aromatic carbocycles. The van der Waals surface area contributed by atoms with Crippen LogP contribution in [0.25, 0.3) is 17.6 Å². The molecule has 8 heteroatoms. The zero-order valence-electron chi connectivity index (χ0n) is 13.1. The van der Waals surface area contributed by atoms with Gasteiger partial charge in [0.1, 0.15) is 11.5 Å². The van der Waals surface area contributed by atoms with Gasteiger partial charge < -0.3 is 4.42 Å². The third-order valence-corrected chi connectivity index (χ3v) is 4.22. The summed E-state index contributed by atoms with van der Waals surface area (Å²) >= 11 is 5.30. The Morgan fingerprint density at radius 1 is 1.38 bits per heavy atom. The molecule has 0 fully saturated rings. The maximum atomic E-state index is 5.30. The van der Waals surface area contributed by atoms with E-state index in [1.165, 1.54) is 11.3 Å². The summed E-state index contributed by atoms with van der Waals surface area (Å²) in [6.45, 7) is 1.95. The Balaban J connectivity index is 1.68. The van der Waals surface area contributed by atoms with Crippen LogP contribution in [0, 0.1) is 4.77 Å². The molecule has 4 rings (SSSR count). The summed E-state index contributed by atoms with van der Waals surface area (Å²) in [7, 11) is 0. The number of furan rings is 1. The second kappa shape index (κ2) is 6.04. The van der Waals surface area contributed by atoms with E-state index < -0.39 is 0 Å². The number of hydrogen-bond acceptors (Lipinski definition) is 5. The third kappa shape index (κ3) is 2.65. The van der Waals surface area contributed by atoms with Gasteiger partial charge in [0.15, 0.2) is 0 Å². The van der Waals surface area contributed by atoms with Crippen LogP contribution < -0.4 is 0 Å². The van der Waals surface area contributed by atoms with Gasteiger partial charge in [-0.15, -0.1) is 0 Å². The molecule has 0 amide bonds. The van der Waals surface area contributed by atoms with Crippen LogP contribution in [0.5, 0.6) is 0 Å². The van der Waals surface area contributed by atoms with Crippen molar-refractivity contribution >= 4 is 24.5 Å². The van der Waals surface area contributed by atoms with Gasteiger partial charge in [-0.05, 0) is 62.2 Å². The first kappa shape index (κ1) is 14.8. The molecule has 0 bridgehead atoms. The largest absolute Gasteiger partial charge is 0.465 e. The number of hydrogen-bond donors (Lipinski definition) is 2. The average molecular weight is 340 g/mol. The quantitative estimate of drug-likeness (QED) is 0.563. The Kier molecular flexibility index (Phi) is 3.73. The summed E-state index contributed by atoms with van der Waals surface area (Å²) in [6, 6.07) is 3.73. The van der Waals surface area contributed by atoms with E-state index in [4.69, 9.17) is 16.6 Å². The van der Waals surface area contributed by atoms with Crippen LogP contribution in [-0.2, 0) is 12.8 Å². The van der Waals surface area contributed by atoms with Gasteiger partial charge in [-0.3, -0.25) is 5.10 Å². The molecule has 0 saturated carbocycles. The van der Waals surface area contributed by atoms with Crippen molar-refractivity contribution in [3.05, 3.63) is 45.8 Å². The number of nitrogens with one attached hydrogen (secondary N) is 2. The Morgan fingerprint density at radius 2 is 2.29 bits per heavy atom. The lowest BCUT2D eigenvalue weighted by molar-refractivity contribution is 0.557. The zero-order valence-corrected chi connectivity index (χ0v) is 13.9. The summed E-state index contributed by atoms with van der Waals surface area (Å²) in [5.74, 6) is 1.40. The Hall–Kier alpha value is -2.74. The lowest BCUT2D eigenvalue weighted by Crippen LogP contribution is -1.97. The van der Waals surface area contributed by atoms with E-state index >= 15 is 0 Å². The number of aromatic nitrogens is 5. The van der Waals surface area contributed by atoms with Crippen LogP contribution in [0.3, 0.4) is 0 Å². The average Bonchev–Trinajstić information content (AvgIpc) is 3.29. The van der Waals surface area contributed by atoms with Gasteiger partial charge in [-0.25, -0.2) is 5.10 Å².